The Hall–Kier alpha value is -1.99. The van der Waals surface area contributed by atoms with Gasteiger partial charge in [-0.2, -0.15) is 0 Å². The number of thiophene rings is 1. The van der Waals surface area contributed by atoms with Gasteiger partial charge in [-0.1, -0.05) is 0 Å². The van der Waals surface area contributed by atoms with Crippen LogP contribution >= 0.6 is 23.6 Å². The minimum Gasteiger partial charge on any atom is -0.462 e. The van der Waals surface area contributed by atoms with Crippen LogP contribution in [0.5, 0.6) is 0 Å². The first-order valence-corrected chi connectivity index (χ1v) is 9.46. The largest absolute Gasteiger partial charge is 0.462 e. The first kappa shape index (κ1) is 17.8. The van der Waals surface area contributed by atoms with Crippen LogP contribution in [-0.4, -0.2) is 17.7 Å². The van der Waals surface area contributed by atoms with Gasteiger partial charge < -0.3 is 15.4 Å². The van der Waals surface area contributed by atoms with Gasteiger partial charge in [0.15, 0.2) is 5.11 Å². The molecule has 0 saturated heterocycles. The van der Waals surface area contributed by atoms with E-state index < -0.39 is 0 Å². The molecule has 2 aromatic rings. The van der Waals surface area contributed by atoms with Crippen LogP contribution in [0.15, 0.2) is 24.3 Å². The third-order valence-corrected chi connectivity index (χ3v) is 5.39. The number of rotatable bonds is 4. The van der Waals surface area contributed by atoms with Gasteiger partial charge in [0, 0.05) is 10.6 Å². The normalized spacial score (nSPS) is 13.0. The predicted molar refractivity (Wildman–Crippen MR) is 103 cm³/mol. The third-order valence-electron chi connectivity index (χ3n) is 3.98. The van der Waals surface area contributed by atoms with E-state index in [4.69, 9.17) is 17.0 Å². The molecule has 1 aromatic carbocycles. The van der Waals surface area contributed by atoms with Gasteiger partial charge in [-0.25, -0.2) is 9.18 Å². The molecule has 1 aromatic heterocycles. The monoisotopic (exact) mass is 378 g/mol. The minimum atomic E-state index is -0.311. The van der Waals surface area contributed by atoms with Crippen molar-refractivity contribution < 1.29 is 13.9 Å². The van der Waals surface area contributed by atoms with Crippen LogP contribution in [0, 0.1) is 5.82 Å². The van der Waals surface area contributed by atoms with E-state index in [0.29, 0.717) is 28.0 Å². The molecule has 0 saturated carbocycles. The third kappa shape index (κ3) is 4.16. The molecule has 0 amide bonds. The number of hydrogen-bond acceptors (Lipinski definition) is 4. The number of nitrogens with one attached hydrogen (secondary N) is 2. The highest BCUT2D eigenvalue weighted by atomic mass is 32.1. The van der Waals surface area contributed by atoms with Crippen LogP contribution < -0.4 is 10.6 Å². The summed E-state index contributed by atoms with van der Waals surface area (Å²) in [5.41, 5.74) is 2.37. The summed E-state index contributed by atoms with van der Waals surface area (Å²) in [5, 5.41) is 7.19. The van der Waals surface area contributed by atoms with Gasteiger partial charge in [0.05, 0.1) is 12.2 Å². The smallest absolute Gasteiger partial charge is 0.341 e. The van der Waals surface area contributed by atoms with Gasteiger partial charge in [0.25, 0.3) is 0 Å². The molecule has 0 atom stereocenters. The summed E-state index contributed by atoms with van der Waals surface area (Å²) < 4.78 is 18.2. The molecule has 1 heterocycles. The number of halogens is 1. The van der Waals surface area contributed by atoms with Gasteiger partial charge >= 0.3 is 5.97 Å². The number of fused-ring (bicyclic) bond motifs is 1. The Morgan fingerprint density at radius 3 is 2.68 bits per heavy atom. The molecule has 0 spiro atoms. The number of esters is 1. The van der Waals surface area contributed by atoms with E-state index in [-0.39, 0.29) is 11.8 Å². The molecule has 132 valence electrons. The molecule has 7 heteroatoms. The number of hydrogen-bond donors (Lipinski definition) is 2. The molecular formula is C18H19FN2O2S2. The molecule has 25 heavy (non-hydrogen) atoms. The topological polar surface area (TPSA) is 50.4 Å². The van der Waals surface area contributed by atoms with Crippen molar-refractivity contribution in [2.24, 2.45) is 0 Å². The Bertz CT molecular complexity index is 787. The number of carbonyl (C=O) groups excluding carboxylic acids is 1. The number of aryl methyl sites for hydroxylation is 1. The maximum Gasteiger partial charge on any atom is 0.341 e. The summed E-state index contributed by atoms with van der Waals surface area (Å²) in [6.07, 6.45) is 4.08. The van der Waals surface area contributed by atoms with Gasteiger partial charge in [-0.15, -0.1) is 11.3 Å². The average molecular weight is 378 g/mol. The summed E-state index contributed by atoms with van der Waals surface area (Å²) in [4.78, 5) is 13.6. The molecule has 2 N–H and O–H groups in total. The van der Waals surface area contributed by atoms with Gasteiger partial charge in [0.2, 0.25) is 0 Å². The van der Waals surface area contributed by atoms with Crippen molar-refractivity contribution in [2.75, 3.05) is 17.2 Å². The standard InChI is InChI=1S/C18H19FN2O2S2/c1-2-23-17(22)15-13-5-3-4-6-14(13)25-16(15)21-18(24)20-12-9-7-11(19)8-10-12/h7-10H,2-6H2,1H3,(H2,20,21,24). The van der Waals surface area contributed by atoms with E-state index in [1.165, 1.54) is 17.0 Å². The van der Waals surface area contributed by atoms with Crippen molar-refractivity contribution in [1.29, 1.82) is 0 Å². The van der Waals surface area contributed by atoms with Crippen molar-refractivity contribution in [2.45, 2.75) is 32.6 Å². The molecule has 0 aliphatic heterocycles. The van der Waals surface area contributed by atoms with E-state index in [9.17, 15) is 9.18 Å². The zero-order valence-electron chi connectivity index (χ0n) is 13.9. The fraction of sp³-hybridized carbons (Fsp3) is 0.333. The Morgan fingerprint density at radius 2 is 1.96 bits per heavy atom. The van der Waals surface area contributed by atoms with Crippen LogP contribution in [0.2, 0.25) is 0 Å². The Morgan fingerprint density at radius 1 is 1.24 bits per heavy atom. The number of carbonyl (C=O) groups is 1. The molecule has 4 nitrogen and oxygen atoms in total. The summed E-state index contributed by atoms with van der Waals surface area (Å²) in [6, 6.07) is 5.93. The Balaban J connectivity index is 1.81. The zero-order valence-corrected chi connectivity index (χ0v) is 15.5. The SMILES string of the molecule is CCOC(=O)c1c(NC(=S)Nc2ccc(F)cc2)sc2c1CCCC2. The van der Waals surface area contributed by atoms with Crippen molar-refractivity contribution in [1.82, 2.24) is 0 Å². The Labute approximate surface area is 155 Å². The van der Waals surface area contributed by atoms with Crippen molar-refractivity contribution in [3.05, 3.63) is 46.1 Å². The second kappa shape index (κ2) is 7.93. The molecule has 0 bridgehead atoms. The second-order valence-electron chi connectivity index (χ2n) is 5.72. The first-order chi connectivity index (χ1) is 12.1. The second-order valence-corrected chi connectivity index (χ2v) is 7.23. The van der Waals surface area contributed by atoms with Gasteiger partial charge in [0.1, 0.15) is 10.8 Å². The highest BCUT2D eigenvalue weighted by molar-refractivity contribution is 7.80. The van der Waals surface area contributed by atoms with Gasteiger partial charge in [-0.3, -0.25) is 0 Å². The summed E-state index contributed by atoms with van der Waals surface area (Å²) >= 11 is 6.90. The van der Waals surface area contributed by atoms with Crippen molar-refractivity contribution >= 4 is 45.3 Å². The number of thiocarbonyl (C=S) groups is 1. The minimum absolute atomic E-state index is 0.306. The quantitative estimate of drug-likeness (QED) is 0.594. The lowest BCUT2D eigenvalue weighted by Crippen LogP contribution is -2.20. The van der Waals surface area contributed by atoms with E-state index in [2.05, 4.69) is 10.6 Å². The molecule has 1 aliphatic carbocycles. The zero-order chi connectivity index (χ0) is 17.8. The fourth-order valence-corrected chi connectivity index (χ4v) is 4.44. The molecule has 1 aliphatic rings. The predicted octanol–water partition coefficient (Wildman–Crippen LogP) is 4.75. The fourth-order valence-electron chi connectivity index (χ4n) is 2.87. The van der Waals surface area contributed by atoms with Crippen LogP contribution in [-0.2, 0) is 17.6 Å². The molecule has 0 radical (unpaired) electrons. The number of anilines is 2. The average Bonchev–Trinajstić information content (AvgIpc) is 2.95. The summed E-state index contributed by atoms with van der Waals surface area (Å²) in [7, 11) is 0. The maximum atomic E-state index is 13.0. The van der Waals surface area contributed by atoms with Gasteiger partial charge in [-0.05, 0) is 74.7 Å². The number of benzene rings is 1. The molecular weight excluding hydrogens is 359 g/mol. The highest BCUT2D eigenvalue weighted by Crippen LogP contribution is 2.38. The lowest BCUT2D eigenvalue weighted by Gasteiger charge is -2.13. The van der Waals surface area contributed by atoms with Crippen molar-refractivity contribution in [3.8, 4) is 0 Å². The van der Waals surface area contributed by atoms with Crippen molar-refractivity contribution in [3.63, 3.8) is 0 Å². The summed E-state index contributed by atoms with van der Waals surface area (Å²) in [5.74, 6) is -0.617. The lowest BCUT2D eigenvalue weighted by molar-refractivity contribution is 0.0526. The van der Waals surface area contributed by atoms with E-state index in [0.717, 1.165) is 31.2 Å². The van der Waals surface area contributed by atoms with Crippen LogP contribution in [0.3, 0.4) is 0 Å². The highest BCUT2D eigenvalue weighted by Gasteiger charge is 2.26. The van der Waals surface area contributed by atoms with E-state index in [1.54, 1.807) is 30.4 Å². The number of ether oxygens (including phenoxy) is 1. The van der Waals surface area contributed by atoms with Crippen LogP contribution in [0.4, 0.5) is 15.1 Å². The van der Waals surface area contributed by atoms with E-state index >= 15 is 0 Å². The lowest BCUT2D eigenvalue weighted by atomic mass is 9.95. The molecule has 0 fully saturated rings. The van der Waals surface area contributed by atoms with Crippen LogP contribution in [0.25, 0.3) is 0 Å². The maximum absolute atomic E-state index is 13.0. The molecule has 3 rings (SSSR count). The Kier molecular flexibility index (Phi) is 5.65. The first-order valence-electron chi connectivity index (χ1n) is 8.23. The summed E-state index contributed by atoms with van der Waals surface area (Å²) in [6.45, 7) is 2.13. The van der Waals surface area contributed by atoms with E-state index in [1.807, 2.05) is 0 Å². The van der Waals surface area contributed by atoms with Crippen LogP contribution in [0.1, 0.15) is 40.6 Å². The molecule has 0 unspecified atom stereocenters.